The molecule has 0 nitrogen and oxygen atoms in total. The molecule has 10 atom stereocenters. The maximum atomic E-state index is 4.93. The summed E-state index contributed by atoms with van der Waals surface area (Å²) in [7, 11) is 8.43. The molecule has 5 aliphatic rings. The van der Waals surface area contributed by atoms with Crippen LogP contribution in [-0.2, 0) is 20.8 Å². The van der Waals surface area contributed by atoms with Gasteiger partial charge in [0.25, 0.3) is 0 Å². The van der Waals surface area contributed by atoms with Gasteiger partial charge < -0.3 is 14.9 Å². The quantitative estimate of drug-likeness (QED) is 0.222. The zero-order chi connectivity index (χ0) is 28.5. The zero-order valence-corrected chi connectivity index (χ0v) is 33.7. The molecule has 1 aliphatic heterocycles. The van der Waals surface area contributed by atoms with Crippen LogP contribution in [0.25, 0.3) is 5.57 Å². The van der Waals surface area contributed by atoms with E-state index in [2.05, 4.69) is 90.7 Å². The minimum atomic E-state index is -1.44. The first-order valence-electron chi connectivity index (χ1n) is 15.9. The van der Waals surface area contributed by atoms with Crippen LogP contribution in [0.3, 0.4) is 0 Å². The van der Waals surface area contributed by atoms with Crippen LogP contribution in [0.15, 0.2) is 29.2 Å². The molecule has 6 rings (SSSR count). The van der Waals surface area contributed by atoms with Crippen LogP contribution >= 0.6 is 28.8 Å². The zero-order valence-electron chi connectivity index (χ0n) is 27.9. The third-order valence-corrected chi connectivity index (χ3v) is 18.7. The molecule has 0 spiro atoms. The summed E-state index contributed by atoms with van der Waals surface area (Å²) in [5.41, 5.74) is 6.73. The average molecular weight is 715 g/mol. The van der Waals surface area contributed by atoms with Gasteiger partial charge in [-0.15, -0.1) is 11.8 Å². The van der Waals surface area contributed by atoms with E-state index in [0.717, 1.165) is 57.8 Å². The van der Waals surface area contributed by atoms with Crippen molar-refractivity contribution in [3.8, 4) is 0 Å². The Hall–Kier alpha value is 0.990. The van der Waals surface area contributed by atoms with Gasteiger partial charge in [0.1, 0.15) is 0 Å². The third kappa shape index (κ3) is 8.05. The fourth-order valence-electron chi connectivity index (χ4n) is 10.2. The molecule has 5 heteroatoms. The predicted molar refractivity (Wildman–Crippen MR) is 189 cm³/mol. The Kier molecular flexibility index (Phi) is 15.4. The molecule has 4 saturated carbocycles. The Morgan fingerprint density at radius 3 is 1.88 bits per heavy atom. The van der Waals surface area contributed by atoms with E-state index in [9.17, 15) is 0 Å². The van der Waals surface area contributed by atoms with Crippen molar-refractivity contribution in [2.75, 3.05) is 0 Å². The van der Waals surface area contributed by atoms with Crippen molar-refractivity contribution in [2.24, 2.45) is 41.4 Å². The molecule has 1 heterocycles. The monoisotopic (exact) mass is 712 g/mol. The summed E-state index contributed by atoms with van der Waals surface area (Å²) in [5, 5.41) is 0.839. The van der Waals surface area contributed by atoms with E-state index in [-0.39, 0.29) is 14.9 Å². The van der Waals surface area contributed by atoms with Crippen molar-refractivity contribution in [3.63, 3.8) is 0 Å². The van der Waals surface area contributed by atoms with Crippen molar-refractivity contribution in [1.82, 2.24) is 0 Å². The van der Waals surface area contributed by atoms with Crippen LogP contribution in [0.5, 0.6) is 0 Å². The Labute approximate surface area is 280 Å². The Morgan fingerprint density at radius 2 is 1.32 bits per heavy atom. The molecule has 0 amide bonds. The minimum absolute atomic E-state index is 0. The van der Waals surface area contributed by atoms with Gasteiger partial charge in [-0.25, -0.2) is 0 Å². The number of aryl methyl sites for hydroxylation is 1. The van der Waals surface area contributed by atoms with Crippen LogP contribution in [0.2, 0.25) is 24.2 Å². The molecule has 232 valence electrons. The van der Waals surface area contributed by atoms with Crippen LogP contribution in [0.4, 0.5) is 0 Å². The van der Waals surface area contributed by atoms with Crippen LogP contribution in [-0.4, -0.2) is 13.3 Å². The van der Waals surface area contributed by atoms with Gasteiger partial charge in [-0.3, -0.25) is 0 Å². The van der Waals surface area contributed by atoms with E-state index >= 15 is 0 Å². The van der Waals surface area contributed by atoms with Gasteiger partial charge >= 0.3 is 37.9 Å². The summed E-state index contributed by atoms with van der Waals surface area (Å²) >= 11 is 1.47. The number of halogens is 2. The van der Waals surface area contributed by atoms with E-state index in [1.807, 2.05) is 0 Å². The van der Waals surface area contributed by atoms with Crippen LogP contribution in [0.1, 0.15) is 97.1 Å². The van der Waals surface area contributed by atoms with E-state index in [0.29, 0.717) is 0 Å². The first kappa shape index (κ1) is 38.2. The normalized spacial score (nSPS) is 37.0. The van der Waals surface area contributed by atoms with E-state index in [1.54, 1.807) is 16.0 Å². The number of fused-ring (bicyclic) bond motifs is 2. The van der Waals surface area contributed by atoms with Gasteiger partial charge in [0, 0.05) is 5.25 Å². The van der Waals surface area contributed by atoms with Gasteiger partial charge in [0.05, 0.1) is 8.07 Å². The first-order valence-corrected chi connectivity index (χ1v) is 26.3. The Bertz CT molecular complexity index is 988. The molecule has 1 aromatic carbocycles. The summed E-state index contributed by atoms with van der Waals surface area (Å²) in [6.45, 7) is 20.8. The van der Waals surface area contributed by atoms with Gasteiger partial charge in [0.2, 0.25) is 0 Å². The van der Waals surface area contributed by atoms with E-state index in [4.69, 9.17) is 17.0 Å². The van der Waals surface area contributed by atoms with E-state index in [1.165, 1.54) is 56.9 Å². The number of thioether (sulfide) groups is 1. The van der Waals surface area contributed by atoms with Gasteiger partial charge in [0.15, 0.2) is 0 Å². The summed E-state index contributed by atoms with van der Waals surface area (Å²) in [6, 6.07) is 9.16. The number of rotatable bonds is 3. The van der Waals surface area contributed by atoms with Gasteiger partial charge in [-0.2, -0.15) is 0 Å². The Morgan fingerprint density at radius 1 is 0.756 bits per heavy atom. The topological polar surface area (TPSA) is 0 Å². The summed E-state index contributed by atoms with van der Waals surface area (Å²) < 4.78 is 0. The standard InChI is InChI=1S/C30H46SSi.C4H8.2CH3.2ClH.Zr/c1-17-13-19(3)24-15-20(4)29(25(24)14-17)32(7,8)30-21(5)16-26-27(22(6)31-28(26)30)23-12-10-9-11-18(23)2;1-2-4-3-1;;;;;/h9-12,17,19-21,24-26,28-30H,13-16H2,1-8H3;1-4H2;2*1H3;2*1H;/q;;2*-1;;;+4/p-2. The van der Waals surface area contributed by atoms with Crippen molar-refractivity contribution in [1.29, 1.82) is 0 Å². The number of hydrogen-bond donors (Lipinski definition) is 0. The SMILES string of the molecule is C1CCC1.CC1=C(c2ccccc2C)C2CC(C)C([Si](C)(C)C3C(C)CC4C(C)CC(C)CC43)C2S1.[CH3-].[CH3-].[Cl][Zr+2][Cl]. The Balaban J connectivity index is 0.000000583. The predicted octanol–water partition coefficient (Wildman–Crippen LogP) is 13.1. The molecule has 0 saturated heterocycles. The van der Waals surface area contributed by atoms with Gasteiger partial charge in [-0.05, 0) is 114 Å². The first-order chi connectivity index (χ1) is 18.5. The molecule has 0 aromatic heterocycles. The molecule has 1 aromatic rings. The van der Waals surface area contributed by atoms with Crippen LogP contribution < -0.4 is 0 Å². The molecular formula is C36H60Cl2SSiZr. The molecule has 10 unspecified atom stereocenters. The number of benzene rings is 1. The second kappa shape index (κ2) is 16.5. The fraction of sp³-hybridized carbons (Fsp3) is 0.722. The fourth-order valence-corrected chi connectivity index (χ4v) is 19.3. The molecule has 0 N–H and O–H groups in total. The number of hydrogen-bond acceptors (Lipinski definition) is 1. The third-order valence-electron chi connectivity index (χ3n) is 11.7. The van der Waals surface area contributed by atoms with Gasteiger partial charge in [-0.1, -0.05) is 90.7 Å². The number of allylic oxidation sites excluding steroid dienone is 2. The maximum absolute atomic E-state index is 4.93. The van der Waals surface area contributed by atoms with Crippen molar-refractivity contribution in [3.05, 3.63) is 55.2 Å². The summed E-state index contributed by atoms with van der Waals surface area (Å²) in [4.78, 5) is 1.63. The summed E-state index contributed by atoms with van der Waals surface area (Å²) in [5.74, 6) is 6.54. The van der Waals surface area contributed by atoms with Crippen LogP contribution in [0, 0.1) is 63.2 Å². The van der Waals surface area contributed by atoms with Crippen molar-refractivity contribution in [2.45, 2.75) is 122 Å². The molecule has 0 radical (unpaired) electrons. The summed E-state index contributed by atoms with van der Waals surface area (Å²) in [6.07, 6.45) is 11.9. The van der Waals surface area contributed by atoms with E-state index < -0.39 is 28.9 Å². The second-order valence-corrected chi connectivity index (χ2v) is 24.7. The second-order valence-electron chi connectivity index (χ2n) is 14.6. The molecule has 4 aliphatic carbocycles. The average Bonchev–Trinajstić information content (AvgIpc) is 3.41. The molecule has 41 heavy (non-hydrogen) atoms. The van der Waals surface area contributed by atoms with Crippen molar-refractivity contribution < 1.29 is 20.8 Å². The molecule has 4 fully saturated rings. The van der Waals surface area contributed by atoms with Crippen molar-refractivity contribution >= 4 is 42.4 Å². The molecule has 0 bridgehead atoms. The molecular weight excluding hydrogens is 655 g/mol.